The Morgan fingerprint density at radius 1 is 1.67 bits per heavy atom. The predicted molar refractivity (Wildman–Crippen MR) is 46.3 cm³/mol. The van der Waals surface area contributed by atoms with Gasteiger partial charge in [0.15, 0.2) is 5.96 Å². The Labute approximate surface area is 70.1 Å². The minimum atomic E-state index is -0.143. The van der Waals surface area contributed by atoms with Crippen molar-refractivity contribution in [3.05, 3.63) is 18.2 Å². The minimum Gasteiger partial charge on any atom is -0.481 e. The zero-order valence-electron chi connectivity index (χ0n) is 6.66. The van der Waals surface area contributed by atoms with E-state index in [0.29, 0.717) is 11.7 Å². The topological polar surface area (TPSA) is 84.0 Å². The van der Waals surface area contributed by atoms with Crippen LogP contribution in [0, 0.1) is 5.41 Å². The van der Waals surface area contributed by atoms with Crippen molar-refractivity contribution in [3.63, 3.8) is 0 Å². The molecule has 0 atom stereocenters. The Morgan fingerprint density at radius 2 is 2.42 bits per heavy atom. The van der Waals surface area contributed by atoms with Gasteiger partial charge in [-0.15, -0.1) is 0 Å². The Kier molecular flexibility index (Phi) is 2.47. The van der Waals surface area contributed by atoms with E-state index in [4.69, 9.17) is 15.9 Å². The predicted octanol–water partition coefficient (Wildman–Crippen LogP) is 0.396. The van der Waals surface area contributed by atoms with Gasteiger partial charge >= 0.3 is 0 Å². The summed E-state index contributed by atoms with van der Waals surface area (Å²) in [4.78, 5) is 3.98. The lowest BCUT2D eigenvalue weighted by molar-refractivity contribution is 0.398. The largest absolute Gasteiger partial charge is 0.481 e. The number of ether oxygens (including phenoxy) is 1. The molecule has 0 aromatic carbocycles. The van der Waals surface area contributed by atoms with Gasteiger partial charge in [-0.05, 0) is 6.07 Å². The van der Waals surface area contributed by atoms with Crippen molar-refractivity contribution in [3.8, 4) is 5.88 Å². The second-order valence-electron chi connectivity index (χ2n) is 2.10. The second-order valence-corrected chi connectivity index (χ2v) is 2.10. The first-order valence-electron chi connectivity index (χ1n) is 3.34. The summed E-state index contributed by atoms with van der Waals surface area (Å²) in [7, 11) is 1.53. The lowest BCUT2D eigenvalue weighted by Gasteiger charge is -2.03. The fraction of sp³-hybridized carbons (Fsp3) is 0.143. The van der Waals surface area contributed by atoms with Gasteiger partial charge in [0, 0.05) is 6.07 Å². The number of hydrogen-bond acceptors (Lipinski definition) is 3. The Balaban J connectivity index is 2.79. The van der Waals surface area contributed by atoms with Crippen LogP contribution in [0.15, 0.2) is 18.2 Å². The van der Waals surface area contributed by atoms with Crippen molar-refractivity contribution in [1.29, 1.82) is 5.41 Å². The Bertz CT molecular complexity index is 286. The molecule has 1 aromatic rings. The van der Waals surface area contributed by atoms with Crippen molar-refractivity contribution < 1.29 is 4.74 Å². The van der Waals surface area contributed by atoms with E-state index in [2.05, 4.69) is 10.3 Å². The molecule has 0 aliphatic rings. The van der Waals surface area contributed by atoms with E-state index >= 15 is 0 Å². The summed E-state index contributed by atoms with van der Waals surface area (Å²) in [6.45, 7) is 0. The number of rotatable bonds is 2. The SMILES string of the molecule is COc1cccc(NC(=N)N)n1. The highest BCUT2D eigenvalue weighted by Crippen LogP contribution is 2.09. The highest BCUT2D eigenvalue weighted by atomic mass is 16.5. The molecule has 12 heavy (non-hydrogen) atoms. The van der Waals surface area contributed by atoms with E-state index in [1.54, 1.807) is 18.2 Å². The first kappa shape index (κ1) is 8.32. The maximum absolute atomic E-state index is 6.95. The van der Waals surface area contributed by atoms with Crippen LogP contribution in [0.4, 0.5) is 5.82 Å². The van der Waals surface area contributed by atoms with E-state index in [1.807, 2.05) is 0 Å². The molecule has 4 N–H and O–H groups in total. The molecule has 0 amide bonds. The number of nitrogens with one attached hydrogen (secondary N) is 2. The molecule has 0 spiro atoms. The van der Waals surface area contributed by atoms with Gasteiger partial charge in [-0.3, -0.25) is 5.41 Å². The van der Waals surface area contributed by atoms with Crippen molar-refractivity contribution in [2.45, 2.75) is 0 Å². The number of hydrogen-bond donors (Lipinski definition) is 3. The van der Waals surface area contributed by atoms with Crippen LogP contribution < -0.4 is 15.8 Å². The maximum Gasteiger partial charge on any atom is 0.214 e. The van der Waals surface area contributed by atoms with Crippen molar-refractivity contribution in [1.82, 2.24) is 4.98 Å². The van der Waals surface area contributed by atoms with Gasteiger partial charge in [-0.1, -0.05) is 6.07 Å². The standard InChI is InChI=1S/C7H10N4O/c1-12-6-4-2-3-5(10-6)11-7(8)9/h2-4H,1H3,(H4,8,9,10,11). The summed E-state index contributed by atoms with van der Waals surface area (Å²) in [6, 6.07) is 5.17. The van der Waals surface area contributed by atoms with Crippen molar-refractivity contribution in [2.24, 2.45) is 5.73 Å². The first-order chi connectivity index (χ1) is 5.72. The molecule has 0 bridgehead atoms. The van der Waals surface area contributed by atoms with Gasteiger partial charge in [0.1, 0.15) is 5.82 Å². The zero-order valence-corrected chi connectivity index (χ0v) is 6.66. The summed E-state index contributed by atoms with van der Waals surface area (Å²) in [6.07, 6.45) is 0. The third kappa shape index (κ3) is 2.12. The van der Waals surface area contributed by atoms with E-state index < -0.39 is 0 Å². The molecule has 5 heteroatoms. The number of nitrogens with two attached hydrogens (primary N) is 1. The number of anilines is 1. The van der Waals surface area contributed by atoms with Crippen LogP contribution in [0.2, 0.25) is 0 Å². The molecule has 0 radical (unpaired) electrons. The van der Waals surface area contributed by atoms with Crippen LogP contribution in [0.1, 0.15) is 0 Å². The monoisotopic (exact) mass is 166 g/mol. The first-order valence-corrected chi connectivity index (χ1v) is 3.34. The van der Waals surface area contributed by atoms with Gasteiger partial charge in [0.05, 0.1) is 7.11 Å². The molecule has 0 fully saturated rings. The Hall–Kier alpha value is -1.78. The van der Waals surface area contributed by atoms with Crippen LogP contribution in [0.3, 0.4) is 0 Å². The highest BCUT2D eigenvalue weighted by molar-refractivity contribution is 5.88. The zero-order chi connectivity index (χ0) is 8.97. The maximum atomic E-state index is 6.95. The summed E-state index contributed by atoms with van der Waals surface area (Å²) in [5.41, 5.74) is 5.11. The molecule has 0 aliphatic heterocycles. The van der Waals surface area contributed by atoms with Crippen LogP contribution in [0.5, 0.6) is 5.88 Å². The van der Waals surface area contributed by atoms with E-state index in [1.165, 1.54) is 7.11 Å². The molecule has 1 rings (SSSR count). The van der Waals surface area contributed by atoms with Gasteiger partial charge in [-0.25, -0.2) is 0 Å². The number of guanidine groups is 1. The number of nitrogens with zero attached hydrogens (tertiary/aromatic N) is 1. The van der Waals surface area contributed by atoms with Gasteiger partial charge in [0.25, 0.3) is 0 Å². The number of methoxy groups -OCH3 is 1. The smallest absolute Gasteiger partial charge is 0.214 e. The summed E-state index contributed by atoms with van der Waals surface area (Å²) in [5.74, 6) is 0.846. The molecule has 0 unspecified atom stereocenters. The summed E-state index contributed by atoms with van der Waals surface area (Å²) >= 11 is 0. The van der Waals surface area contributed by atoms with E-state index in [0.717, 1.165) is 0 Å². The average molecular weight is 166 g/mol. The third-order valence-corrected chi connectivity index (χ3v) is 1.20. The molecular formula is C7H10N4O. The lowest BCUT2D eigenvalue weighted by atomic mass is 10.4. The lowest BCUT2D eigenvalue weighted by Crippen LogP contribution is -2.21. The quantitative estimate of drug-likeness (QED) is 0.438. The second kappa shape index (κ2) is 3.56. The molecule has 0 aliphatic carbocycles. The van der Waals surface area contributed by atoms with Crippen molar-refractivity contribution in [2.75, 3.05) is 12.4 Å². The summed E-state index contributed by atoms with van der Waals surface area (Å²) in [5, 5.41) is 9.49. The number of pyridine rings is 1. The van der Waals surface area contributed by atoms with E-state index in [9.17, 15) is 0 Å². The Morgan fingerprint density at radius 3 is 3.00 bits per heavy atom. The van der Waals surface area contributed by atoms with Gasteiger partial charge < -0.3 is 15.8 Å². The van der Waals surface area contributed by atoms with Gasteiger partial charge in [-0.2, -0.15) is 4.98 Å². The van der Waals surface area contributed by atoms with Gasteiger partial charge in [0.2, 0.25) is 5.88 Å². The summed E-state index contributed by atoms with van der Waals surface area (Å²) < 4.78 is 4.87. The molecule has 0 saturated heterocycles. The fourth-order valence-corrected chi connectivity index (χ4v) is 0.736. The van der Waals surface area contributed by atoms with Crippen LogP contribution in [-0.4, -0.2) is 18.1 Å². The normalized spacial score (nSPS) is 9.08. The van der Waals surface area contributed by atoms with Crippen molar-refractivity contribution >= 4 is 11.8 Å². The molecule has 1 aromatic heterocycles. The number of aromatic nitrogens is 1. The van der Waals surface area contributed by atoms with Crippen LogP contribution in [0.25, 0.3) is 0 Å². The molecule has 0 saturated carbocycles. The molecule has 1 heterocycles. The molecular weight excluding hydrogens is 156 g/mol. The third-order valence-electron chi connectivity index (χ3n) is 1.20. The highest BCUT2D eigenvalue weighted by Gasteiger charge is 1.96. The van der Waals surface area contributed by atoms with E-state index in [-0.39, 0.29) is 5.96 Å². The molecule has 64 valence electrons. The van der Waals surface area contributed by atoms with Crippen LogP contribution in [-0.2, 0) is 0 Å². The average Bonchev–Trinajstić information content (AvgIpc) is 2.03. The fourth-order valence-electron chi connectivity index (χ4n) is 0.736. The van der Waals surface area contributed by atoms with Crippen LogP contribution >= 0.6 is 0 Å². The minimum absolute atomic E-state index is 0.143. The molecule has 5 nitrogen and oxygen atoms in total.